The molecule has 0 rings (SSSR count). The Morgan fingerprint density at radius 1 is 0.320 bits per heavy atom. The van der Waals surface area contributed by atoms with E-state index < -0.39 is 32.5 Å². The number of hydrogen-bond donors (Lipinski definition) is 0. The summed E-state index contributed by atoms with van der Waals surface area (Å²) in [5, 5.41) is 0. The van der Waals surface area contributed by atoms with Gasteiger partial charge in [-0.15, -0.1) is 0 Å². The molecule has 0 heterocycles. The summed E-state index contributed by atoms with van der Waals surface area (Å²) in [6.07, 6.45) is 119. The van der Waals surface area contributed by atoms with Gasteiger partial charge >= 0.3 is 11.9 Å². The Kier molecular flexibility index (Phi) is 74.9. The van der Waals surface area contributed by atoms with E-state index in [1.165, 1.54) is 180 Å². The van der Waals surface area contributed by atoms with Gasteiger partial charge in [0.25, 0.3) is 7.82 Å². The van der Waals surface area contributed by atoms with Gasteiger partial charge in [0, 0.05) is 12.8 Å². The van der Waals surface area contributed by atoms with Crippen LogP contribution < -0.4 is 4.89 Å². The third kappa shape index (κ3) is 82.3. The van der Waals surface area contributed by atoms with E-state index in [4.69, 9.17) is 18.5 Å². The van der Waals surface area contributed by atoms with Crippen LogP contribution >= 0.6 is 7.82 Å². The highest BCUT2D eigenvalue weighted by Crippen LogP contribution is 2.38. The summed E-state index contributed by atoms with van der Waals surface area (Å²) in [5.74, 6) is -0.872. The molecule has 0 saturated carbocycles. The predicted octanol–water partition coefficient (Wildman–Crippen LogP) is 27.0. The largest absolute Gasteiger partial charge is 0.756 e. The molecular formula is C90H152NO8P. The standard InChI is InChI=1S/C90H152NO8P/c1-6-8-10-12-14-16-18-20-22-24-26-28-30-32-34-36-38-40-42-44-45-47-48-50-52-54-56-58-60-62-64-66-68-70-72-74-76-78-80-82-89(92)96-86-88(87-98-100(94,95)97-85-84-91(3,4)5)99-90(93)83-81-79-77-75-73-71-69-67-65-63-61-59-57-55-53-51-49-46-43-41-39-37-35-33-31-29-27-25-23-21-19-17-15-13-11-9-7-2/h9,11,15,17-18,20-21,23-24,26-27,29-30,32-33,35,39,41,46,49,53,55,59,61,65,67,71,73,88H,6-8,10,12-14,16,19,22,25,28,31,34,36-38,40,42-45,47-48,50-52,54,56-58,60,62-64,66,68-70,72,74-87H2,1-5H3/b11-9-,17-15-,20-18-,23-21-,26-24-,29-27-,32-30-,35-33-,41-39-,49-46-,55-53-,61-59-,67-65-,73-71-. The number of unbranched alkanes of at least 4 members (excludes halogenated alkanes) is 32. The van der Waals surface area contributed by atoms with Crippen molar-refractivity contribution in [3.8, 4) is 0 Å². The van der Waals surface area contributed by atoms with E-state index in [0.29, 0.717) is 17.4 Å². The number of phosphoric acid groups is 1. The first-order chi connectivity index (χ1) is 49.0. The molecule has 0 radical (unpaired) electrons. The first-order valence-electron chi connectivity index (χ1n) is 40.8. The zero-order valence-electron chi connectivity index (χ0n) is 65.1. The third-order valence-corrected chi connectivity index (χ3v) is 18.2. The summed E-state index contributed by atoms with van der Waals surface area (Å²) in [5.41, 5.74) is 0. The molecule has 0 saturated heterocycles. The van der Waals surface area contributed by atoms with Gasteiger partial charge in [-0.05, 0) is 135 Å². The topological polar surface area (TPSA) is 111 Å². The highest BCUT2D eigenvalue weighted by atomic mass is 31.2. The van der Waals surface area contributed by atoms with Crippen LogP contribution in [0.2, 0.25) is 0 Å². The fourth-order valence-corrected chi connectivity index (χ4v) is 11.8. The Morgan fingerprint density at radius 2 is 0.570 bits per heavy atom. The second-order valence-electron chi connectivity index (χ2n) is 28.0. The number of phosphoric ester groups is 1. The summed E-state index contributed by atoms with van der Waals surface area (Å²) < 4.78 is 34.4. The van der Waals surface area contributed by atoms with Crippen LogP contribution in [0.4, 0.5) is 0 Å². The lowest BCUT2D eigenvalue weighted by Gasteiger charge is -2.28. The second kappa shape index (κ2) is 78.5. The second-order valence-corrected chi connectivity index (χ2v) is 29.5. The SMILES string of the molecule is CC/C=C\C/C=C\C/C=C\C/C=C\C/C=C\C/C=C\C/C=C\C/C=C\C/C=C\C/C=C\C/C=C\CCCCCC(=O)OC(COC(=O)CCCCCCCCCCCCCCCCCCCCCCCCCC/C=C\C/C=C\C/C=C\CCCCCCC)COP(=O)([O-])OCC[N+](C)(C)C. The van der Waals surface area contributed by atoms with Gasteiger partial charge < -0.3 is 27.9 Å². The van der Waals surface area contributed by atoms with Gasteiger partial charge in [-0.3, -0.25) is 14.2 Å². The van der Waals surface area contributed by atoms with Crippen LogP contribution in [0.3, 0.4) is 0 Å². The molecule has 0 N–H and O–H groups in total. The van der Waals surface area contributed by atoms with Gasteiger partial charge in [-0.1, -0.05) is 357 Å². The van der Waals surface area contributed by atoms with E-state index >= 15 is 0 Å². The van der Waals surface area contributed by atoms with E-state index in [0.717, 1.165) is 122 Å². The number of ether oxygens (including phenoxy) is 2. The van der Waals surface area contributed by atoms with Crippen LogP contribution in [0.25, 0.3) is 0 Å². The minimum atomic E-state index is -4.67. The Bertz CT molecular complexity index is 2300. The van der Waals surface area contributed by atoms with Crippen LogP contribution in [0.1, 0.15) is 335 Å². The number of nitrogens with zero attached hydrogens (tertiary/aromatic N) is 1. The number of esters is 2. The van der Waals surface area contributed by atoms with Crippen LogP contribution in [0.15, 0.2) is 170 Å². The van der Waals surface area contributed by atoms with Crippen molar-refractivity contribution in [2.75, 3.05) is 47.5 Å². The number of carbonyl (C=O) groups excluding carboxylic acids is 2. The summed E-state index contributed by atoms with van der Waals surface area (Å²) >= 11 is 0. The van der Waals surface area contributed by atoms with Gasteiger partial charge in [0.05, 0.1) is 27.7 Å². The molecule has 0 spiro atoms. The Morgan fingerprint density at radius 3 is 0.860 bits per heavy atom. The van der Waals surface area contributed by atoms with Gasteiger partial charge in [-0.2, -0.15) is 0 Å². The first kappa shape index (κ1) is 95.4. The lowest BCUT2D eigenvalue weighted by molar-refractivity contribution is -0.870. The Hall–Kier alpha value is -4.63. The smallest absolute Gasteiger partial charge is 0.306 e. The minimum Gasteiger partial charge on any atom is -0.756 e. The van der Waals surface area contributed by atoms with Crippen molar-refractivity contribution in [2.24, 2.45) is 0 Å². The van der Waals surface area contributed by atoms with Crippen molar-refractivity contribution < 1.29 is 42.1 Å². The molecule has 0 aromatic heterocycles. The minimum absolute atomic E-state index is 0.0448. The first-order valence-corrected chi connectivity index (χ1v) is 42.3. The van der Waals surface area contributed by atoms with Crippen LogP contribution in [0.5, 0.6) is 0 Å². The molecule has 10 heteroatoms. The van der Waals surface area contributed by atoms with Crippen LogP contribution in [0, 0.1) is 0 Å². The maximum absolute atomic E-state index is 12.9. The molecule has 2 unspecified atom stereocenters. The number of allylic oxidation sites excluding steroid dienone is 28. The highest BCUT2D eigenvalue weighted by Gasteiger charge is 2.22. The number of quaternary nitrogens is 1. The lowest BCUT2D eigenvalue weighted by atomic mass is 10.0. The molecule has 0 bridgehead atoms. The summed E-state index contributed by atoms with van der Waals surface area (Å²) in [7, 11) is 1.13. The summed E-state index contributed by atoms with van der Waals surface area (Å²) in [6.45, 7) is 4.09. The molecule has 0 aromatic carbocycles. The molecular weight excluding hydrogens is 1250 g/mol. The van der Waals surface area contributed by atoms with Crippen LogP contribution in [-0.4, -0.2) is 70.0 Å². The molecule has 9 nitrogen and oxygen atoms in total. The van der Waals surface area contributed by atoms with Crippen molar-refractivity contribution in [3.63, 3.8) is 0 Å². The number of hydrogen-bond acceptors (Lipinski definition) is 8. The molecule has 0 aliphatic rings. The molecule has 0 aromatic rings. The van der Waals surface area contributed by atoms with Crippen molar-refractivity contribution in [1.29, 1.82) is 0 Å². The van der Waals surface area contributed by atoms with Crippen molar-refractivity contribution >= 4 is 19.8 Å². The fourth-order valence-electron chi connectivity index (χ4n) is 11.0. The average molecular weight is 1410 g/mol. The van der Waals surface area contributed by atoms with Crippen LogP contribution in [-0.2, 0) is 32.7 Å². The average Bonchev–Trinajstić information content (AvgIpc) is 1.02. The van der Waals surface area contributed by atoms with E-state index in [1.54, 1.807) is 0 Å². The Labute approximate surface area is 617 Å². The number of rotatable bonds is 74. The Balaban J connectivity index is 4.06. The normalized spacial score (nSPS) is 13.9. The molecule has 0 aliphatic heterocycles. The van der Waals surface area contributed by atoms with E-state index in [9.17, 15) is 19.0 Å². The van der Waals surface area contributed by atoms with E-state index in [-0.39, 0.29) is 26.1 Å². The maximum atomic E-state index is 12.9. The fraction of sp³-hybridized carbons (Fsp3) is 0.667. The maximum Gasteiger partial charge on any atom is 0.306 e. The number of carbonyl (C=O) groups is 2. The van der Waals surface area contributed by atoms with E-state index in [1.807, 2.05) is 21.1 Å². The molecule has 0 fully saturated rings. The molecule has 0 aliphatic carbocycles. The third-order valence-electron chi connectivity index (χ3n) is 17.2. The zero-order valence-corrected chi connectivity index (χ0v) is 66.0. The zero-order chi connectivity index (χ0) is 72.5. The monoisotopic (exact) mass is 1410 g/mol. The highest BCUT2D eigenvalue weighted by molar-refractivity contribution is 7.45. The predicted molar refractivity (Wildman–Crippen MR) is 433 cm³/mol. The van der Waals surface area contributed by atoms with Gasteiger partial charge in [0.1, 0.15) is 19.8 Å². The van der Waals surface area contributed by atoms with E-state index in [2.05, 4.69) is 184 Å². The van der Waals surface area contributed by atoms with Crippen molar-refractivity contribution in [2.45, 2.75) is 341 Å². The van der Waals surface area contributed by atoms with Gasteiger partial charge in [-0.25, -0.2) is 0 Å². The van der Waals surface area contributed by atoms with Gasteiger partial charge in [0.15, 0.2) is 6.10 Å². The molecule has 0 amide bonds. The molecule has 2 atom stereocenters. The van der Waals surface area contributed by atoms with Crippen molar-refractivity contribution in [1.82, 2.24) is 0 Å². The lowest BCUT2D eigenvalue weighted by Crippen LogP contribution is -2.37. The number of likely N-dealkylation sites (N-methyl/N-ethyl adjacent to an activating group) is 1. The summed E-state index contributed by atoms with van der Waals surface area (Å²) in [4.78, 5) is 38.2. The van der Waals surface area contributed by atoms with Crippen molar-refractivity contribution in [3.05, 3.63) is 170 Å². The quantitative estimate of drug-likeness (QED) is 0.0195. The molecule has 100 heavy (non-hydrogen) atoms. The van der Waals surface area contributed by atoms with Gasteiger partial charge in [0.2, 0.25) is 0 Å². The summed E-state index contributed by atoms with van der Waals surface area (Å²) in [6, 6.07) is 0. The molecule has 570 valence electrons.